The highest BCUT2D eigenvalue weighted by Gasteiger charge is 2.24. The van der Waals surface area contributed by atoms with Crippen LogP contribution < -0.4 is 14.8 Å². The van der Waals surface area contributed by atoms with E-state index in [4.69, 9.17) is 9.47 Å². The molecule has 6 nitrogen and oxygen atoms in total. The Hall–Kier alpha value is -3.06. The predicted molar refractivity (Wildman–Crippen MR) is 112 cm³/mol. The van der Waals surface area contributed by atoms with E-state index in [1.165, 1.54) is 11.8 Å². The van der Waals surface area contributed by atoms with Crippen LogP contribution in [0, 0.1) is 0 Å². The number of amides is 1. The predicted octanol–water partition coefficient (Wildman–Crippen LogP) is 3.36. The van der Waals surface area contributed by atoms with Crippen molar-refractivity contribution in [2.24, 2.45) is 0 Å². The van der Waals surface area contributed by atoms with Gasteiger partial charge in [0.25, 0.3) is 0 Å². The molecule has 148 valence electrons. The van der Waals surface area contributed by atoms with Gasteiger partial charge >= 0.3 is 0 Å². The highest BCUT2D eigenvalue weighted by molar-refractivity contribution is 8.00. The number of nitrogens with one attached hydrogen (secondary N) is 1. The van der Waals surface area contributed by atoms with Gasteiger partial charge in [0.1, 0.15) is 11.9 Å². The summed E-state index contributed by atoms with van der Waals surface area (Å²) in [5.74, 6) is 1.74. The summed E-state index contributed by atoms with van der Waals surface area (Å²) in [6.45, 7) is 0.487. The number of benzene rings is 2. The normalized spacial score (nSPS) is 14.7. The molecule has 0 aliphatic carbocycles. The van der Waals surface area contributed by atoms with E-state index in [0.717, 1.165) is 33.9 Å². The molecule has 2 heterocycles. The molecule has 0 unspecified atom stereocenters. The van der Waals surface area contributed by atoms with Crippen LogP contribution >= 0.6 is 11.8 Å². The molecule has 4 rings (SSSR count). The van der Waals surface area contributed by atoms with Crippen LogP contribution in [0.2, 0.25) is 0 Å². The zero-order valence-electron chi connectivity index (χ0n) is 16.0. The third-order valence-electron chi connectivity index (χ3n) is 4.59. The van der Waals surface area contributed by atoms with Gasteiger partial charge in [0.2, 0.25) is 11.8 Å². The first kappa shape index (κ1) is 19.3. The summed E-state index contributed by atoms with van der Waals surface area (Å²) in [6.07, 6.45) is 0.687. The fraction of sp³-hybridized carbons (Fsp3) is 0.227. The highest BCUT2D eigenvalue weighted by atomic mass is 32.2. The maximum Gasteiger partial charge on any atom is 0.233 e. The SMILES string of the molecule is COc1ccc(-c2ccc3c(c2)C[C@H](CNC(=O)CSc2ccccc2)O3)nn1. The lowest BCUT2D eigenvalue weighted by atomic mass is 10.0. The molecule has 0 fully saturated rings. The number of methoxy groups -OCH3 is 1. The van der Waals surface area contributed by atoms with Gasteiger partial charge in [-0.25, -0.2) is 0 Å². The molecular weight excluding hydrogens is 386 g/mol. The maximum atomic E-state index is 12.1. The lowest BCUT2D eigenvalue weighted by Crippen LogP contribution is -2.35. The number of carbonyl (C=O) groups is 1. The number of aromatic nitrogens is 2. The molecule has 3 aromatic rings. The van der Waals surface area contributed by atoms with E-state index in [1.807, 2.05) is 48.5 Å². The van der Waals surface area contributed by atoms with Crippen LogP contribution in [0.25, 0.3) is 11.3 Å². The minimum atomic E-state index is -0.0622. The Morgan fingerprint density at radius 3 is 2.79 bits per heavy atom. The number of nitrogens with zero attached hydrogens (tertiary/aromatic N) is 2. The Labute approximate surface area is 173 Å². The monoisotopic (exact) mass is 407 g/mol. The van der Waals surface area contributed by atoms with E-state index in [9.17, 15) is 4.79 Å². The van der Waals surface area contributed by atoms with Crippen molar-refractivity contribution in [1.29, 1.82) is 0 Å². The number of hydrogen-bond acceptors (Lipinski definition) is 6. The Morgan fingerprint density at radius 2 is 2.03 bits per heavy atom. The Balaban J connectivity index is 1.30. The number of thioether (sulfide) groups is 1. The van der Waals surface area contributed by atoms with Crippen LogP contribution in [-0.2, 0) is 11.2 Å². The fourth-order valence-electron chi connectivity index (χ4n) is 3.12. The van der Waals surface area contributed by atoms with Crippen molar-refractivity contribution in [2.45, 2.75) is 17.4 Å². The van der Waals surface area contributed by atoms with Gasteiger partial charge in [0.05, 0.1) is 25.1 Å². The summed E-state index contributed by atoms with van der Waals surface area (Å²) in [5, 5.41) is 11.2. The third kappa shape index (κ3) is 4.86. The average molecular weight is 407 g/mol. The second kappa shape index (κ2) is 8.96. The first-order valence-corrected chi connectivity index (χ1v) is 10.3. The van der Waals surface area contributed by atoms with E-state index >= 15 is 0 Å². The van der Waals surface area contributed by atoms with E-state index in [1.54, 1.807) is 13.2 Å². The molecule has 0 spiro atoms. The van der Waals surface area contributed by atoms with Gasteiger partial charge < -0.3 is 14.8 Å². The van der Waals surface area contributed by atoms with Crippen molar-refractivity contribution in [3.05, 3.63) is 66.2 Å². The summed E-state index contributed by atoms with van der Waals surface area (Å²) in [5.41, 5.74) is 2.87. The minimum absolute atomic E-state index is 0.00704. The average Bonchev–Trinajstić information content (AvgIpc) is 3.19. The van der Waals surface area contributed by atoms with Crippen LogP contribution in [-0.4, -0.2) is 41.6 Å². The second-order valence-electron chi connectivity index (χ2n) is 6.63. The molecule has 1 aliphatic heterocycles. The number of ether oxygens (including phenoxy) is 2. The maximum absolute atomic E-state index is 12.1. The first-order valence-electron chi connectivity index (χ1n) is 9.33. The van der Waals surface area contributed by atoms with E-state index in [0.29, 0.717) is 18.2 Å². The smallest absolute Gasteiger partial charge is 0.233 e. The summed E-state index contributed by atoms with van der Waals surface area (Å²) in [7, 11) is 1.57. The zero-order valence-corrected chi connectivity index (χ0v) is 16.8. The molecule has 1 atom stereocenters. The molecule has 1 amide bonds. The van der Waals surface area contributed by atoms with Gasteiger partial charge in [0, 0.05) is 22.9 Å². The largest absolute Gasteiger partial charge is 0.488 e. The lowest BCUT2D eigenvalue weighted by Gasteiger charge is -2.11. The van der Waals surface area contributed by atoms with Crippen molar-refractivity contribution < 1.29 is 14.3 Å². The molecule has 0 bridgehead atoms. The summed E-state index contributed by atoms with van der Waals surface area (Å²) in [6, 6.07) is 19.6. The van der Waals surface area contributed by atoms with Crippen molar-refractivity contribution in [3.63, 3.8) is 0 Å². The van der Waals surface area contributed by atoms with Crippen LogP contribution in [0.5, 0.6) is 11.6 Å². The van der Waals surface area contributed by atoms with E-state index in [-0.39, 0.29) is 12.0 Å². The van der Waals surface area contributed by atoms with E-state index in [2.05, 4.69) is 21.6 Å². The lowest BCUT2D eigenvalue weighted by molar-refractivity contribution is -0.118. The zero-order chi connectivity index (χ0) is 20.1. The molecule has 0 saturated carbocycles. The Bertz CT molecular complexity index is 980. The molecule has 29 heavy (non-hydrogen) atoms. The summed E-state index contributed by atoms with van der Waals surface area (Å²) in [4.78, 5) is 13.2. The molecule has 7 heteroatoms. The molecule has 1 aromatic heterocycles. The second-order valence-corrected chi connectivity index (χ2v) is 7.68. The van der Waals surface area contributed by atoms with Crippen molar-refractivity contribution >= 4 is 17.7 Å². The topological polar surface area (TPSA) is 73.3 Å². The molecule has 2 aromatic carbocycles. The van der Waals surface area contributed by atoms with Gasteiger partial charge in [0.15, 0.2) is 0 Å². The van der Waals surface area contributed by atoms with E-state index < -0.39 is 0 Å². The van der Waals surface area contributed by atoms with Gasteiger partial charge in [-0.1, -0.05) is 18.2 Å². The first-order chi connectivity index (χ1) is 14.2. The highest BCUT2D eigenvalue weighted by Crippen LogP contribution is 2.32. The van der Waals surface area contributed by atoms with Gasteiger partial charge in [-0.05, 0) is 42.0 Å². The summed E-state index contributed by atoms with van der Waals surface area (Å²) < 4.78 is 11.0. The number of rotatable bonds is 7. The van der Waals surface area contributed by atoms with Crippen LogP contribution in [0.1, 0.15) is 5.56 Å². The Kier molecular flexibility index (Phi) is 5.95. The van der Waals surface area contributed by atoms with Crippen LogP contribution in [0.3, 0.4) is 0 Å². The van der Waals surface area contributed by atoms with Crippen LogP contribution in [0.4, 0.5) is 0 Å². The van der Waals surface area contributed by atoms with Gasteiger partial charge in [-0.15, -0.1) is 22.0 Å². The van der Waals surface area contributed by atoms with Crippen molar-refractivity contribution in [1.82, 2.24) is 15.5 Å². The Morgan fingerprint density at radius 1 is 1.17 bits per heavy atom. The van der Waals surface area contributed by atoms with Crippen molar-refractivity contribution in [2.75, 3.05) is 19.4 Å². The minimum Gasteiger partial charge on any atom is -0.488 e. The van der Waals surface area contributed by atoms with Gasteiger partial charge in [-0.3, -0.25) is 4.79 Å². The molecule has 0 saturated heterocycles. The quantitative estimate of drug-likeness (QED) is 0.606. The van der Waals surface area contributed by atoms with Crippen molar-refractivity contribution in [3.8, 4) is 22.9 Å². The molecule has 0 radical (unpaired) electrons. The number of hydrogen-bond donors (Lipinski definition) is 1. The summed E-state index contributed by atoms with van der Waals surface area (Å²) >= 11 is 1.53. The number of fused-ring (bicyclic) bond motifs is 1. The standard InChI is InChI=1S/C22H21N3O3S/c1-27-22-10-8-19(24-25-22)15-7-9-20-16(11-15)12-17(28-20)13-23-21(26)14-29-18-5-3-2-4-6-18/h2-11,17H,12-14H2,1H3,(H,23,26)/t17-/m1/s1. The molecular formula is C22H21N3O3S. The fourth-order valence-corrected chi connectivity index (χ4v) is 3.87. The molecule has 1 N–H and O–H groups in total. The van der Waals surface area contributed by atoms with Gasteiger partial charge in [-0.2, -0.15) is 0 Å². The third-order valence-corrected chi connectivity index (χ3v) is 5.60. The number of carbonyl (C=O) groups excluding carboxylic acids is 1. The molecule has 1 aliphatic rings. The van der Waals surface area contributed by atoms with Crippen LogP contribution in [0.15, 0.2) is 65.6 Å².